The number of nitrogen functional groups attached to an aromatic ring is 2. The summed E-state index contributed by atoms with van der Waals surface area (Å²) in [7, 11) is 0. The molecule has 0 aliphatic carbocycles. The quantitative estimate of drug-likeness (QED) is 0.410. The van der Waals surface area contributed by atoms with Crippen LogP contribution in [0.25, 0.3) is 10.4 Å². The Hall–Kier alpha value is -3.44. The van der Waals surface area contributed by atoms with E-state index in [1.807, 2.05) is 78.2 Å². The fourth-order valence-electron chi connectivity index (χ4n) is 2.62. The zero-order chi connectivity index (χ0) is 18.6. The van der Waals surface area contributed by atoms with Gasteiger partial charge in [0.15, 0.2) is 0 Å². The number of ether oxygens (including phenoxy) is 2. The van der Waals surface area contributed by atoms with Crippen molar-refractivity contribution in [3.63, 3.8) is 0 Å². The van der Waals surface area contributed by atoms with Crippen LogP contribution in [0.5, 0.6) is 23.0 Å². The molecule has 3 aromatic carbocycles. The Morgan fingerprint density at radius 2 is 1.22 bits per heavy atom. The molecule has 1 heterocycles. The molecule has 4 N–H and O–H groups in total. The van der Waals surface area contributed by atoms with Crippen LogP contribution in [0.3, 0.4) is 0 Å². The summed E-state index contributed by atoms with van der Waals surface area (Å²) in [5, 5.41) is 2.04. The van der Waals surface area contributed by atoms with Crippen molar-refractivity contribution in [2.45, 2.75) is 0 Å². The highest BCUT2D eigenvalue weighted by Crippen LogP contribution is 2.39. The highest BCUT2D eigenvalue weighted by atomic mass is 32.1. The van der Waals surface area contributed by atoms with Gasteiger partial charge in [-0.3, -0.25) is 0 Å². The second-order valence-electron chi connectivity index (χ2n) is 5.98. The molecule has 4 rings (SSSR count). The van der Waals surface area contributed by atoms with Crippen LogP contribution >= 0.6 is 11.3 Å². The molecule has 134 valence electrons. The van der Waals surface area contributed by atoms with Gasteiger partial charge in [-0.05, 0) is 78.2 Å². The highest BCUT2D eigenvalue weighted by Gasteiger charge is 2.11. The van der Waals surface area contributed by atoms with Gasteiger partial charge in [-0.2, -0.15) is 0 Å². The number of hydrogen-bond acceptors (Lipinski definition) is 5. The minimum absolute atomic E-state index is 0.702. The maximum absolute atomic E-state index is 6.09. The first-order valence-electron chi connectivity index (χ1n) is 8.42. The number of rotatable bonds is 5. The van der Waals surface area contributed by atoms with Gasteiger partial charge in [-0.1, -0.05) is 6.07 Å². The van der Waals surface area contributed by atoms with Crippen molar-refractivity contribution in [3.8, 4) is 33.4 Å². The van der Waals surface area contributed by atoms with Gasteiger partial charge in [0.05, 0.1) is 0 Å². The van der Waals surface area contributed by atoms with Gasteiger partial charge in [0.2, 0.25) is 0 Å². The van der Waals surface area contributed by atoms with Gasteiger partial charge in [0, 0.05) is 21.8 Å². The summed E-state index contributed by atoms with van der Waals surface area (Å²) in [5.74, 6) is 2.95. The van der Waals surface area contributed by atoms with Crippen LogP contribution in [0.4, 0.5) is 11.4 Å². The molecule has 0 amide bonds. The van der Waals surface area contributed by atoms with Crippen molar-refractivity contribution in [1.29, 1.82) is 0 Å². The first-order chi connectivity index (χ1) is 13.2. The normalized spacial score (nSPS) is 10.5. The first kappa shape index (κ1) is 17.0. The molecule has 0 saturated carbocycles. The molecule has 0 unspecified atom stereocenters. The van der Waals surface area contributed by atoms with Gasteiger partial charge in [0.25, 0.3) is 0 Å². The van der Waals surface area contributed by atoms with Crippen molar-refractivity contribution < 1.29 is 9.47 Å². The van der Waals surface area contributed by atoms with Crippen LogP contribution in [0, 0.1) is 0 Å². The maximum Gasteiger partial charge on any atom is 0.136 e. The van der Waals surface area contributed by atoms with E-state index in [0.29, 0.717) is 11.4 Å². The Balaban J connectivity index is 1.66. The van der Waals surface area contributed by atoms with Crippen LogP contribution in [-0.2, 0) is 0 Å². The molecule has 0 atom stereocenters. The smallest absolute Gasteiger partial charge is 0.136 e. The van der Waals surface area contributed by atoms with E-state index in [4.69, 9.17) is 20.9 Å². The minimum Gasteiger partial charge on any atom is -0.457 e. The van der Waals surface area contributed by atoms with E-state index in [-0.39, 0.29) is 0 Å². The standard InChI is InChI=1S/C22H18N2O2S/c23-15-3-7-17(8-4-15)25-19-11-12-21(20(14-19)22-2-1-13-27-22)26-18-9-5-16(24)6-10-18/h1-14H,23-24H2. The molecule has 0 bridgehead atoms. The predicted molar refractivity (Wildman–Crippen MR) is 112 cm³/mol. The van der Waals surface area contributed by atoms with Crippen LogP contribution in [0.15, 0.2) is 84.2 Å². The van der Waals surface area contributed by atoms with Crippen molar-refractivity contribution in [1.82, 2.24) is 0 Å². The van der Waals surface area contributed by atoms with Gasteiger partial charge in [-0.25, -0.2) is 0 Å². The molecule has 0 saturated heterocycles. The fourth-order valence-corrected chi connectivity index (χ4v) is 3.37. The molecule has 0 aliphatic rings. The molecule has 1 aromatic heterocycles. The van der Waals surface area contributed by atoms with Gasteiger partial charge < -0.3 is 20.9 Å². The molecule has 27 heavy (non-hydrogen) atoms. The Morgan fingerprint density at radius 1 is 0.630 bits per heavy atom. The van der Waals surface area contributed by atoms with E-state index in [9.17, 15) is 0 Å². The van der Waals surface area contributed by atoms with E-state index in [2.05, 4.69) is 6.07 Å². The van der Waals surface area contributed by atoms with E-state index in [1.54, 1.807) is 11.3 Å². The van der Waals surface area contributed by atoms with Gasteiger partial charge in [-0.15, -0.1) is 11.3 Å². The third-order valence-electron chi connectivity index (χ3n) is 3.96. The summed E-state index contributed by atoms with van der Waals surface area (Å²) < 4.78 is 12.1. The van der Waals surface area contributed by atoms with E-state index < -0.39 is 0 Å². The second kappa shape index (κ2) is 7.43. The lowest BCUT2D eigenvalue weighted by atomic mass is 10.1. The van der Waals surface area contributed by atoms with Crippen molar-refractivity contribution in [2.24, 2.45) is 0 Å². The van der Waals surface area contributed by atoms with Gasteiger partial charge in [0.1, 0.15) is 23.0 Å². The second-order valence-corrected chi connectivity index (χ2v) is 6.93. The van der Waals surface area contributed by atoms with Crippen molar-refractivity contribution >= 4 is 22.7 Å². The van der Waals surface area contributed by atoms with E-state index in [1.165, 1.54) is 0 Å². The van der Waals surface area contributed by atoms with Crippen LogP contribution in [-0.4, -0.2) is 0 Å². The molecule has 0 fully saturated rings. The number of anilines is 2. The largest absolute Gasteiger partial charge is 0.457 e. The molecular formula is C22H18N2O2S. The third-order valence-corrected chi connectivity index (χ3v) is 4.86. The Bertz CT molecular complexity index is 1030. The molecular weight excluding hydrogens is 356 g/mol. The molecule has 4 aromatic rings. The average Bonchev–Trinajstić information content (AvgIpc) is 3.21. The van der Waals surface area contributed by atoms with Crippen LogP contribution in [0.1, 0.15) is 0 Å². The third kappa shape index (κ3) is 4.04. The summed E-state index contributed by atoms with van der Waals surface area (Å²) in [6, 6.07) is 24.5. The lowest BCUT2D eigenvalue weighted by Gasteiger charge is -2.13. The SMILES string of the molecule is Nc1ccc(Oc2ccc(Oc3ccc(N)cc3)c(-c3cccs3)c2)cc1. The Kier molecular flexibility index (Phi) is 4.68. The zero-order valence-electron chi connectivity index (χ0n) is 14.5. The molecule has 0 spiro atoms. The highest BCUT2D eigenvalue weighted by molar-refractivity contribution is 7.13. The summed E-state index contributed by atoms with van der Waals surface area (Å²) in [6.45, 7) is 0. The lowest BCUT2D eigenvalue weighted by molar-refractivity contribution is 0.471. The van der Waals surface area contributed by atoms with Crippen molar-refractivity contribution in [3.05, 3.63) is 84.2 Å². The Labute approximate surface area is 161 Å². The molecule has 0 aliphatic heterocycles. The summed E-state index contributed by atoms with van der Waals surface area (Å²) in [4.78, 5) is 1.10. The van der Waals surface area contributed by atoms with Crippen molar-refractivity contribution in [2.75, 3.05) is 11.5 Å². The molecule has 4 nitrogen and oxygen atoms in total. The van der Waals surface area contributed by atoms with Crippen LogP contribution < -0.4 is 20.9 Å². The topological polar surface area (TPSA) is 70.5 Å². The first-order valence-corrected chi connectivity index (χ1v) is 9.30. The number of nitrogens with two attached hydrogens (primary N) is 2. The van der Waals surface area contributed by atoms with Gasteiger partial charge >= 0.3 is 0 Å². The fraction of sp³-hybridized carbons (Fsp3) is 0. The average molecular weight is 374 g/mol. The zero-order valence-corrected chi connectivity index (χ0v) is 15.3. The number of hydrogen-bond donors (Lipinski definition) is 2. The maximum atomic E-state index is 6.09. The summed E-state index contributed by atoms with van der Waals surface area (Å²) in [5.41, 5.74) is 13.9. The summed E-state index contributed by atoms with van der Waals surface area (Å²) >= 11 is 1.65. The van der Waals surface area contributed by atoms with E-state index in [0.717, 1.165) is 33.4 Å². The predicted octanol–water partition coefficient (Wildman–Crippen LogP) is 6.16. The molecule has 0 radical (unpaired) electrons. The monoisotopic (exact) mass is 374 g/mol. The minimum atomic E-state index is 0.702. The number of thiophene rings is 1. The Morgan fingerprint density at radius 3 is 1.81 bits per heavy atom. The van der Waals surface area contributed by atoms with Crippen LogP contribution in [0.2, 0.25) is 0 Å². The molecule has 5 heteroatoms. The van der Waals surface area contributed by atoms with E-state index >= 15 is 0 Å². The number of benzene rings is 3. The lowest BCUT2D eigenvalue weighted by Crippen LogP contribution is -1.91. The summed E-state index contributed by atoms with van der Waals surface area (Å²) in [6.07, 6.45) is 0.